The molecule has 4 bridgehead atoms. The molecule has 4 saturated carbocycles. The number of hydrogen-bond acceptors (Lipinski definition) is 2. The van der Waals surface area contributed by atoms with Crippen LogP contribution < -0.4 is 0 Å². The van der Waals surface area contributed by atoms with Gasteiger partial charge in [0.05, 0.1) is 11.4 Å². The molecule has 0 saturated heterocycles. The average Bonchev–Trinajstić information content (AvgIpc) is 3.59. The number of benzene rings is 8. The Balaban J connectivity index is 0.973. The maximum absolute atomic E-state index is 5.26. The minimum Gasteiger partial charge on any atom is -0.228 e. The van der Waals surface area contributed by atoms with Crippen molar-refractivity contribution in [2.24, 2.45) is 23.7 Å². The van der Waals surface area contributed by atoms with Gasteiger partial charge in [-0.25, -0.2) is 9.97 Å². The van der Waals surface area contributed by atoms with Crippen LogP contribution in [0, 0.1) is 23.7 Å². The Bertz CT molecular complexity index is 3130. The Labute approximate surface area is 351 Å². The molecule has 1 aromatic heterocycles. The van der Waals surface area contributed by atoms with Gasteiger partial charge in [-0.3, -0.25) is 0 Å². The standard InChI is InChI=1S/C58H44N2/c1-3-12-39(13-4-1)48-18-9-10-19-50(48)55-35-54(59-57(60-55)40-14-5-2-6-15-40)44-25-23-38-22-24-43(31-45(38)32-44)49-20-11-21-52-56(49)51-33-41-16-7-8-17-42(41)34-53(51)58(52)46-27-36-26-37(29-46)30-47(58)28-36/h1-25,31-37,46-47H,26-30H2. The second-order valence-corrected chi connectivity index (χ2v) is 18.2. The van der Waals surface area contributed by atoms with Gasteiger partial charge in [-0.05, 0) is 152 Å². The molecule has 0 atom stereocenters. The van der Waals surface area contributed by atoms with Crippen molar-refractivity contribution in [3.63, 3.8) is 0 Å². The predicted molar refractivity (Wildman–Crippen MR) is 247 cm³/mol. The lowest BCUT2D eigenvalue weighted by Crippen LogP contribution is -2.55. The molecule has 0 amide bonds. The van der Waals surface area contributed by atoms with E-state index in [1.807, 2.05) is 6.07 Å². The molecule has 0 N–H and O–H groups in total. The molecule has 1 heterocycles. The molecular formula is C58H44N2. The molecule has 60 heavy (non-hydrogen) atoms. The first-order valence-electron chi connectivity index (χ1n) is 22.0. The maximum atomic E-state index is 5.26. The Morgan fingerprint density at radius 2 is 0.950 bits per heavy atom. The molecule has 0 aliphatic heterocycles. The van der Waals surface area contributed by atoms with Crippen LogP contribution in [0.15, 0.2) is 182 Å². The molecule has 5 aliphatic rings. The highest BCUT2D eigenvalue weighted by Gasteiger charge is 2.61. The summed E-state index contributed by atoms with van der Waals surface area (Å²) in [4.78, 5) is 10.5. The van der Waals surface area contributed by atoms with Gasteiger partial charge in [0.15, 0.2) is 5.82 Å². The first kappa shape index (κ1) is 34.2. The lowest BCUT2D eigenvalue weighted by molar-refractivity contribution is -0.0398. The SMILES string of the molecule is c1ccc(-c2nc(-c3ccc4ccc(-c5cccc6c5-c5cc7ccccc7cc5C65C6CC7CC(C6)CC5C7)cc4c3)cc(-c3ccccc3-c3ccccc3)n2)cc1. The molecular weight excluding hydrogens is 725 g/mol. The van der Waals surface area contributed by atoms with Crippen LogP contribution in [0.25, 0.3) is 88.8 Å². The third-order valence-corrected chi connectivity index (χ3v) is 15.0. The van der Waals surface area contributed by atoms with E-state index in [1.54, 1.807) is 11.1 Å². The summed E-state index contributed by atoms with van der Waals surface area (Å²) in [6, 6.07) is 67.2. The van der Waals surface area contributed by atoms with E-state index >= 15 is 0 Å². The summed E-state index contributed by atoms with van der Waals surface area (Å²) in [6.07, 6.45) is 7.00. The zero-order valence-electron chi connectivity index (χ0n) is 33.6. The highest BCUT2D eigenvalue weighted by molar-refractivity contribution is 6.01. The first-order chi connectivity index (χ1) is 29.7. The molecule has 2 heteroatoms. The first-order valence-corrected chi connectivity index (χ1v) is 22.0. The Morgan fingerprint density at radius 1 is 0.350 bits per heavy atom. The molecule has 5 aliphatic carbocycles. The van der Waals surface area contributed by atoms with Crippen LogP contribution in [-0.2, 0) is 5.41 Å². The van der Waals surface area contributed by atoms with Crippen LogP contribution in [0.2, 0.25) is 0 Å². The van der Waals surface area contributed by atoms with Crippen molar-refractivity contribution in [1.29, 1.82) is 0 Å². The van der Waals surface area contributed by atoms with Gasteiger partial charge in [0.1, 0.15) is 0 Å². The summed E-state index contributed by atoms with van der Waals surface area (Å²) in [5, 5.41) is 5.16. The number of fused-ring (bicyclic) bond motifs is 5. The van der Waals surface area contributed by atoms with Gasteiger partial charge >= 0.3 is 0 Å². The monoisotopic (exact) mass is 768 g/mol. The van der Waals surface area contributed by atoms with Crippen molar-refractivity contribution in [1.82, 2.24) is 9.97 Å². The molecule has 14 rings (SSSR count). The lowest BCUT2D eigenvalue weighted by Gasteiger charge is -2.61. The van der Waals surface area contributed by atoms with E-state index in [2.05, 4.69) is 176 Å². The van der Waals surface area contributed by atoms with Gasteiger partial charge in [-0.1, -0.05) is 152 Å². The van der Waals surface area contributed by atoms with Gasteiger partial charge in [0.2, 0.25) is 0 Å². The zero-order chi connectivity index (χ0) is 39.4. The van der Waals surface area contributed by atoms with Gasteiger partial charge < -0.3 is 0 Å². The smallest absolute Gasteiger partial charge is 0.160 e. The van der Waals surface area contributed by atoms with Crippen molar-refractivity contribution in [2.45, 2.75) is 37.5 Å². The molecule has 9 aromatic rings. The molecule has 2 nitrogen and oxygen atoms in total. The summed E-state index contributed by atoms with van der Waals surface area (Å²) in [6.45, 7) is 0. The Kier molecular flexibility index (Phi) is 7.52. The second-order valence-electron chi connectivity index (χ2n) is 18.2. The normalized spacial score (nSPS) is 22.1. The van der Waals surface area contributed by atoms with E-state index < -0.39 is 0 Å². The van der Waals surface area contributed by atoms with E-state index in [0.717, 1.165) is 63.1 Å². The topological polar surface area (TPSA) is 25.8 Å². The van der Waals surface area contributed by atoms with Gasteiger partial charge in [-0.15, -0.1) is 0 Å². The Morgan fingerprint density at radius 3 is 1.70 bits per heavy atom. The largest absolute Gasteiger partial charge is 0.228 e. The van der Waals surface area contributed by atoms with Crippen molar-refractivity contribution < 1.29 is 0 Å². The molecule has 286 valence electrons. The molecule has 1 spiro atoms. The third-order valence-electron chi connectivity index (χ3n) is 15.0. The van der Waals surface area contributed by atoms with Gasteiger partial charge in [0, 0.05) is 22.1 Å². The van der Waals surface area contributed by atoms with Gasteiger partial charge in [-0.2, -0.15) is 0 Å². The molecule has 0 radical (unpaired) electrons. The minimum atomic E-state index is 0.114. The molecule has 8 aromatic carbocycles. The quantitative estimate of drug-likeness (QED) is 0.174. The number of nitrogens with zero attached hydrogens (tertiary/aromatic N) is 2. The second kappa shape index (κ2) is 13.2. The minimum absolute atomic E-state index is 0.114. The summed E-state index contributed by atoms with van der Waals surface area (Å²) in [7, 11) is 0. The molecule has 4 fully saturated rings. The fourth-order valence-corrected chi connectivity index (χ4v) is 12.8. The van der Waals surface area contributed by atoms with Crippen LogP contribution in [0.5, 0.6) is 0 Å². The molecule has 0 unspecified atom stereocenters. The van der Waals surface area contributed by atoms with Crippen molar-refractivity contribution >= 4 is 21.5 Å². The van der Waals surface area contributed by atoms with Crippen molar-refractivity contribution in [2.75, 3.05) is 0 Å². The van der Waals surface area contributed by atoms with E-state index in [4.69, 9.17) is 9.97 Å². The number of rotatable bonds is 5. The highest BCUT2D eigenvalue weighted by Crippen LogP contribution is 2.70. The van der Waals surface area contributed by atoms with Crippen LogP contribution in [0.3, 0.4) is 0 Å². The van der Waals surface area contributed by atoms with Crippen LogP contribution in [0.1, 0.15) is 43.2 Å². The average molecular weight is 769 g/mol. The fraction of sp³-hybridized carbons (Fsp3) is 0.172. The maximum Gasteiger partial charge on any atom is 0.160 e. The van der Waals surface area contributed by atoms with Crippen LogP contribution in [-0.4, -0.2) is 9.97 Å². The van der Waals surface area contributed by atoms with E-state index in [0.29, 0.717) is 0 Å². The summed E-state index contributed by atoms with van der Waals surface area (Å²) in [5.74, 6) is 4.00. The summed E-state index contributed by atoms with van der Waals surface area (Å²) in [5.41, 5.74) is 16.3. The summed E-state index contributed by atoms with van der Waals surface area (Å²) < 4.78 is 0. The zero-order valence-corrected chi connectivity index (χ0v) is 33.6. The van der Waals surface area contributed by atoms with Gasteiger partial charge in [0.25, 0.3) is 0 Å². The van der Waals surface area contributed by atoms with Crippen LogP contribution in [0.4, 0.5) is 0 Å². The van der Waals surface area contributed by atoms with E-state index in [1.165, 1.54) is 81.5 Å². The third kappa shape index (κ3) is 5.13. The Hall–Kier alpha value is -6.64. The van der Waals surface area contributed by atoms with Crippen molar-refractivity contribution in [3.05, 3.63) is 193 Å². The predicted octanol–water partition coefficient (Wildman–Crippen LogP) is 14.8. The van der Waals surface area contributed by atoms with Crippen molar-refractivity contribution in [3.8, 4) is 67.3 Å². The van der Waals surface area contributed by atoms with E-state index in [9.17, 15) is 0 Å². The van der Waals surface area contributed by atoms with Crippen LogP contribution >= 0.6 is 0 Å². The summed E-state index contributed by atoms with van der Waals surface area (Å²) >= 11 is 0. The lowest BCUT2D eigenvalue weighted by atomic mass is 9.43. The fourth-order valence-electron chi connectivity index (χ4n) is 12.8. The number of hydrogen-bond donors (Lipinski definition) is 0. The van der Waals surface area contributed by atoms with E-state index in [-0.39, 0.29) is 5.41 Å². The highest BCUT2D eigenvalue weighted by atomic mass is 14.9. The number of aromatic nitrogens is 2.